The molecule has 0 aromatic heterocycles. The van der Waals surface area contributed by atoms with Crippen molar-refractivity contribution in [2.24, 2.45) is 0 Å². The highest BCUT2D eigenvalue weighted by atomic mass is 31.1. The average Bonchev–Trinajstić information content (AvgIpc) is 2.05. The zero-order valence-corrected chi connectivity index (χ0v) is 9.74. The van der Waals surface area contributed by atoms with E-state index in [1.54, 1.807) is 0 Å². The minimum absolute atomic E-state index is 0.655. The van der Waals surface area contributed by atoms with E-state index in [-0.39, 0.29) is 0 Å². The van der Waals surface area contributed by atoms with Crippen LogP contribution >= 0.6 is 16.5 Å². The summed E-state index contributed by atoms with van der Waals surface area (Å²) in [7, 11) is -5.49. The average molecular weight is 248 g/mol. The van der Waals surface area contributed by atoms with Crippen LogP contribution in [0.2, 0.25) is 0 Å². The van der Waals surface area contributed by atoms with E-state index in [4.69, 9.17) is 14.5 Å². The fourth-order valence-electron chi connectivity index (χ4n) is 0.318. The third kappa shape index (κ3) is 22.7. The molecule has 2 unspecified atom stereocenters. The molecular formula is C5H14O7P2+2. The van der Waals surface area contributed by atoms with Crippen LogP contribution in [-0.4, -0.2) is 29.8 Å². The van der Waals surface area contributed by atoms with Crippen LogP contribution in [-0.2, 0) is 22.9 Å². The van der Waals surface area contributed by atoms with Gasteiger partial charge in [0.1, 0.15) is 0 Å². The smallest absolute Gasteiger partial charge is 0.382 e. The quantitative estimate of drug-likeness (QED) is 0.539. The summed E-state index contributed by atoms with van der Waals surface area (Å²) in [5.74, 6) is 0. The second kappa shape index (κ2) is 13.0. The Balaban J connectivity index is 0. The summed E-state index contributed by atoms with van der Waals surface area (Å²) in [6, 6.07) is 0. The molecule has 0 bridgehead atoms. The van der Waals surface area contributed by atoms with Crippen LogP contribution in [0.5, 0.6) is 0 Å². The maximum atomic E-state index is 9.65. The molecule has 0 rings (SSSR count). The van der Waals surface area contributed by atoms with Crippen LogP contribution in [0.25, 0.3) is 0 Å². The number of ether oxygens (including phenoxy) is 1. The van der Waals surface area contributed by atoms with Gasteiger partial charge in [0, 0.05) is 22.3 Å². The zero-order chi connectivity index (χ0) is 11.4. The zero-order valence-electron chi connectivity index (χ0n) is 7.95. The highest BCUT2D eigenvalue weighted by Gasteiger charge is 2.18. The fraction of sp³-hybridized carbons (Fsp3) is 1.00. The molecule has 0 aromatic rings. The summed E-state index contributed by atoms with van der Waals surface area (Å²) >= 11 is 0. The summed E-state index contributed by atoms with van der Waals surface area (Å²) < 4.78 is 31.8. The van der Waals surface area contributed by atoms with Gasteiger partial charge < -0.3 is 4.74 Å². The first-order valence-electron chi connectivity index (χ1n) is 3.70. The maximum absolute atomic E-state index is 9.65. The Hall–Kier alpha value is -0.0000000000000000486. The van der Waals surface area contributed by atoms with Crippen LogP contribution in [0.3, 0.4) is 0 Å². The molecule has 0 aromatic carbocycles. The largest absolute Gasteiger partial charge is 0.697 e. The predicted molar refractivity (Wildman–Crippen MR) is 48.9 cm³/mol. The van der Waals surface area contributed by atoms with Crippen molar-refractivity contribution in [2.45, 2.75) is 13.8 Å². The molecule has 0 aliphatic carbocycles. The van der Waals surface area contributed by atoms with Crippen molar-refractivity contribution in [3.05, 3.63) is 0 Å². The van der Waals surface area contributed by atoms with Gasteiger partial charge in [0.05, 0.1) is 0 Å². The van der Waals surface area contributed by atoms with E-state index in [0.29, 0.717) is 0 Å². The molecule has 0 saturated heterocycles. The van der Waals surface area contributed by atoms with Gasteiger partial charge in [0.15, 0.2) is 0 Å². The molecule has 0 aliphatic rings. The second-order valence-corrected chi connectivity index (χ2v) is 3.10. The Kier molecular flexibility index (Phi) is 15.3. The van der Waals surface area contributed by atoms with Gasteiger partial charge in [-0.15, -0.1) is 9.79 Å². The molecule has 0 fully saturated rings. The van der Waals surface area contributed by atoms with E-state index in [1.165, 1.54) is 0 Å². The molecule has 0 radical (unpaired) electrons. The molecule has 0 amide bonds. The molecule has 9 heteroatoms. The monoisotopic (exact) mass is 248 g/mol. The highest BCUT2D eigenvalue weighted by molar-refractivity contribution is 7.32. The summed E-state index contributed by atoms with van der Waals surface area (Å²) in [5.41, 5.74) is 0. The Morgan fingerprint density at radius 3 is 1.50 bits per heavy atom. The lowest BCUT2D eigenvalue weighted by molar-refractivity contribution is 0.110. The number of hydrogen-bond acceptors (Lipinski definition) is 5. The number of rotatable bonds is 6. The molecule has 84 valence electrons. The normalized spacial score (nSPS) is 11.4. The van der Waals surface area contributed by atoms with Gasteiger partial charge in [-0.2, -0.15) is 0 Å². The highest BCUT2D eigenvalue weighted by Crippen LogP contribution is 2.19. The molecule has 0 aliphatic heterocycles. The van der Waals surface area contributed by atoms with E-state index in [0.717, 1.165) is 13.2 Å². The van der Waals surface area contributed by atoms with Crippen molar-refractivity contribution in [2.75, 3.05) is 20.0 Å². The van der Waals surface area contributed by atoms with E-state index >= 15 is 0 Å². The molecule has 2 atom stereocenters. The Morgan fingerprint density at radius 1 is 1.00 bits per heavy atom. The summed E-state index contributed by atoms with van der Waals surface area (Å²) in [4.78, 5) is 15.8. The first-order chi connectivity index (χ1) is 6.54. The molecule has 2 N–H and O–H groups in total. The molecule has 14 heavy (non-hydrogen) atoms. The van der Waals surface area contributed by atoms with Gasteiger partial charge in [0.25, 0.3) is 6.79 Å². The Morgan fingerprint density at radius 2 is 1.36 bits per heavy atom. The Bertz CT molecular complexity index is 146. The molecule has 0 heterocycles. The van der Waals surface area contributed by atoms with Gasteiger partial charge >= 0.3 is 16.5 Å². The molecule has 7 nitrogen and oxygen atoms in total. The lowest BCUT2D eigenvalue weighted by Gasteiger charge is -1.86. The second-order valence-electron chi connectivity index (χ2n) is 1.63. The third-order valence-electron chi connectivity index (χ3n) is 0.735. The van der Waals surface area contributed by atoms with Crippen molar-refractivity contribution < 1.29 is 32.7 Å². The first-order valence-corrected chi connectivity index (χ1v) is 5.96. The lowest BCUT2D eigenvalue weighted by Crippen LogP contribution is -1.85. The van der Waals surface area contributed by atoms with E-state index in [1.807, 2.05) is 13.8 Å². The van der Waals surface area contributed by atoms with Crippen molar-refractivity contribution in [3.8, 4) is 0 Å². The van der Waals surface area contributed by atoms with Crippen molar-refractivity contribution >= 4 is 16.5 Å². The molecule has 0 saturated carbocycles. The minimum atomic E-state index is -2.75. The summed E-state index contributed by atoms with van der Waals surface area (Å²) in [6.45, 7) is 5.01. The predicted octanol–water partition coefficient (Wildman–Crippen LogP) is 1.32. The van der Waals surface area contributed by atoms with Crippen LogP contribution in [0.4, 0.5) is 0 Å². The minimum Gasteiger partial charge on any atom is -0.382 e. The lowest BCUT2D eigenvalue weighted by atomic mass is 10.8. The van der Waals surface area contributed by atoms with Crippen molar-refractivity contribution in [3.63, 3.8) is 0 Å². The van der Waals surface area contributed by atoms with E-state index in [9.17, 15) is 9.13 Å². The SMILES string of the molecule is CCOCC.O=[P+](O)OCO[P+](=O)O. The summed E-state index contributed by atoms with van der Waals surface area (Å²) in [6.07, 6.45) is 0. The van der Waals surface area contributed by atoms with Gasteiger partial charge in [0.2, 0.25) is 0 Å². The van der Waals surface area contributed by atoms with Crippen molar-refractivity contribution in [1.82, 2.24) is 0 Å². The van der Waals surface area contributed by atoms with Crippen LogP contribution in [0.15, 0.2) is 0 Å². The Labute approximate surface area is 83.9 Å². The van der Waals surface area contributed by atoms with Crippen LogP contribution in [0, 0.1) is 0 Å². The van der Waals surface area contributed by atoms with Gasteiger partial charge in [-0.3, -0.25) is 0 Å². The third-order valence-corrected chi connectivity index (χ3v) is 1.39. The van der Waals surface area contributed by atoms with Crippen LogP contribution in [0.1, 0.15) is 13.8 Å². The van der Waals surface area contributed by atoms with Gasteiger partial charge in [-0.25, -0.2) is 0 Å². The molecular weight excluding hydrogens is 234 g/mol. The summed E-state index contributed by atoms with van der Waals surface area (Å²) in [5, 5.41) is 0. The maximum Gasteiger partial charge on any atom is 0.697 e. The molecule has 0 spiro atoms. The van der Waals surface area contributed by atoms with E-state index < -0.39 is 23.3 Å². The van der Waals surface area contributed by atoms with E-state index in [2.05, 4.69) is 9.05 Å². The van der Waals surface area contributed by atoms with Crippen molar-refractivity contribution in [1.29, 1.82) is 0 Å². The number of hydrogen-bond donors (Lipinski definition) is 2. The first kappa shape index (κ1) is 16.4. The standard InChI is InChI=1S/C4H10O.CH2O6P2/c1-3-5-4-2;2-8(3)6-1-7-9(4)5/h3-4H2,1-2H3;1H2/p+2. The van der Waals surface area contributed by atoms with Gasteiger partial charge in [-0.05, 0) is 13.8 Å². The topological polar surface area (TPSA) is 102 Å². The fourth-order valence-corrected chi connectivity index (χ4v) is 0.687. The van der Waals surface area contributed by atoms with Crippen LogP contribution < -0.4 is 0 Å². The van der Waals surface area contributed by atoms with Gasteiger partial charge in [-0.1, -0.05) is 9.05 Å².